The van der Waals surface area contributed by atoms with Crippen LogP contribution in [-0.4, -0.2) is 19.9 Å². The van der Waals surface area contributed by atoms with Crippen LogP contribution in [0.3, 0.4) is 0 Å². The molecule has 160 valence electrons. The van der Waals surface area contributed by atoms with Gasteiger partial charge in [-0.05, 0) is 24.3 Å². The summed E-state index contributed by atoms with van der Waals surface area (Å²) in [6, 6.07) is 18.6. The second kappa shape index (κ2) is 7.06. The van der Waals surface area contributed by atoms with Crippen molar-refractivity contribution in [1.82, 2.24) is 19.9 Å². The lowest BCUT2D eigenvalue weighted by atomic mass is 9.85. The second-order valence-corrected chi connectivity index (χ2v) is 10.5. The van der Waals surface area contributed by atoms with E-state index < -0.39 is 0 Å². The third kappa shape index (κ3) is 3.40. The van der Waals surface area contributed by atoms with Crippen molar-refractivity contribution in [2.24, 2.45) is 0 Å². The molecule has 0 spiro atoms. The molecule has 4 heteroatoms. The minimum absolute atomic E-state index is 0.119. The zero-order valence-electron chi connectivity index (χ0n) is 19.6. The molecule has 0 aliphatic carbocycles. The Morgan fingerprint density at radius 3 is 2.06 bits per heavy atom. The normalized spacial score (nSPS) is 12.7. The molecule has 0 bridgehead atoms. The van der Waals surface area contributed by atoms with Crippen LogP contribution in [0.25, 0.3) is 44.1 Å². The summed E-state index contributed by atoms with van der Waals surface area (Å²) in [6.07, 6.45) is 1.84. The van der Waals surface area contributed by atoms with Crippen molar-refractivity contribution in [2.45, 2.75) is 52.4 Å². The summed E-state index contributed by atoms with van der Waals surface area (Å²) in [7, 11) is 0. The van der Waals surface area contributed by atoms with Gasteiger partial charge in [0.1, 0.15) is 0 Å². The van der Waals surface area contributed by atoms with Crippen LogP contribution in [0.2, 0.25) is 0 Å². The highest BCUT2D eigenvalue weighted by Crippen LogP contribution is 2.38. The topological polar surface area (TPSA) is 51.6 Å². The van der Waals surface area contributed by atoms with Crippen molar-refractivity contribution in [2.75, 3.05) is 0 Å². The number of fused-ring (bicyclic) bond motifs is 4. The van der Waals surface area contributed by atoms with E-state index in [0.29, 0.717) is 0 Å². The van der Waals surface area contributed by atoms with Crippen molar-refractivity contribution in [3.63, 3.8) is 0 Å². The van der Waals surface area contributed by atoms with Crippen LogP contribution >= 0.6 is 0 Å². The van der Waals surface area contributed by atoms with Gasteiger partial charge in [-0.3, -0.25) is 4.98 Å². The van der Waals surface area contributed by atoms with Crippen molar-refractivity contribution >= 4 is 32.8 Å². The lowest BCUT2D eigenvalue weighted by Crippen LogP contribution is -2.18. The Labute approximate surface area is 188 Å². The molecule has 0 unspecified atom stereocenters. The van der Waals surface area contributed by atoms with Gasteiger partial charge >= 0.3 is 0 Å². The molecule has 0 saturated heterocycles. The Hall–Kier alpha value is -3.40. The maximum Gasteiger partial charge on any atom is 0.0974 e. The summed E-state index contributed by atoms with van der Waals surface area (Å²) in [5.74, 6) is 0. The van der Waals surface area contributed by atoms with E-state index in [4.69, 9.17) is 15.0 Å². The number of aromatic nitrogens is 4. The van der Waals surface area contributed by atoms with E-state index in [1.807, 2.05) is 36.5 Å². The minimum Gasteiger partial charge on any atom is -0.254 e. The number of rotatable bonds is 1. The van der Waals surface area contributed by atoms with Crippen LogP contribution in [0.1, 0.15) is 52.9 Å². The van der Waals surface area contributed by atoms with Crippen LogP contribution in [0.5, 0.6) is 0 Å². The van der Waals surface area contributed by atoms with E-state index in [9.17, 15) is 0 Å². The highest BCUT2D eigenvalue weighted by Gasteiger charge is 2.26. The zero-order chi connectivity index (χ0) is 22.7. The largest absolute Gasteiger partial charge is 0.254 e. The molecule has 32 heavy (non-hydrogen) atoms. The molecule has 2 aromatic carbocycles. The maximum absolute atomic E-state index is 5.15. The number of hydrogen-bond acceptors (Lipinski definition) is 4. The zero-order valence-corrected chi connectivity index (χ0v) is 19.6. The average Bonchev–Trinajstić information content (AvgIpc) is 2.76. The van der Waals surface area contributed by atoms with E-state index in [-0.39, 0.29) is 10.8 Å². The highest BCUT2D eigenvalue weighted by molar-refractivity contribution is 6.08. The molecule has 0 aliphatic heterocycles. The van der Waals surface area contributed by atoms with Gasteiger partial charge < -0.3 is 0 Å². The van der Waals surface area contributed by atoms with Gasteiger partial charge in [0.25, 0.3) is 0 Å². The summed E-state index contributed by atoms with van der Waals surface area (Å²) >= 11 is 0. The fourth-order valence-corrected chi connectivity index (χ4v) is 4.12. The fourth-order valence-electron chi connectivity index (χ4n) is 4.12. The summed E-state index contributed by atoms with van der Waals surface area (Å²) < 4.78 is 0. The fraction of sp³-hybridized carbons (Fsp3) is 0.286. The van der Waals surface area contributed by atoms with E-state index in [2.05, 4.69) is 70.8 Å². The van der Waals surface area contributed by atoms with Crippen LogP contribution in [-0.2, 0) is 10.8 Å². The molecular weight excluding hydrogens is 392 g/mol. The Balaban J connectivity index is 1.96. The standard InChI is InChI=1S/C28H28N4/c1-27(2,3)22-16-19(18-14-13-17-10-9-15-29-23(17)24(18)32-22)25-26(28(4,5)6)31-21-12-8-7-11-20(21)30-25/h7-16H,1-6H3. The highest BCUT2D eigenvalue weighted by atomic mass is 14.8. The Kier molecular flexibility index (Phi) is 4.52. The molecule has 0 radical (unpaired) electrons. The van der Waals surface area contributed by atoms with Gasteiger partial charge in [-0.2, -0.15) is 0 Å². The number of para-hydroxylation sites is 2. The van der Waals surface area contributed by atoms with E-state index in [0.717, 1.165) is 55.5 Å². The molecule has 0 amide bonds. The lowest BCUT2D eigenvalue weighted by Gasteiger charge is -2.24. The van der Waals surface area contributed by atoms with Gasteiger partial charge in [0, 0.05) is 39.1 Å². The number of benzene rings is 2. The molecule has 5 rings (SSSR count). The summed E-state index contributed by atoms with van der Waals surface area (Å²) in [6.45, 7) is 13.2. The SMILES string of the molecule is CC(C)(C)c1cc(-c2nc3ccccc3nc2C(C)(C)C)c2ccc3cccnc3c2n1. The van der Waals surface area contributed by atoms with Crippen LogP contribution in [0.15, 0.2) is 60.8 Å². The Morgan fingerprint density at radius 1 is 0.656 bits per heavy atom. The molecular formula is C28H28N4. The summed E-state index contributed by atoms with van der Waals surface area (Å²) in [4.78, 5) is 20.0. The van der Waals surface area contributed by atoms with Gasteiger partial charge in [0.2, 0.25) is 0 Å². The minimum atomic E-state index is -0.168. The van der Waals surface area contributed by atoms with E-state index in [1.54, 1.807) is 0 Å². The van der Waals surface area contributed by atoms with E-state index >= 15 is 0 Å². The quantitative estimate of drug-likeness (QED) is 0.274. The van der Waals surface area contributed by atoms with Crippen LogP contribution < -0.4 is 0 Å². The molecule has 0 aliphatic rings. The molecule has 0 saturated carbocycles. The molecule has 4 nitrogen and oxygen atoms in total. The summed E-state index contributed by atoms with van der Waals surface area (Å²) in [5, 5.41) is 2.14. The van der Waals surface area contributed by atoms with Gasteiger partial charge in [0.05, 0.1) is 33.5 Å². The van der Waals surface area contributed by atoms with Gasteiger partial charge in [-0.15, -0.1) is 0 Å². The van der Waals surface area contributed by atoms with E-state index in [1.165, 1.54) is 0 Å². The third-order valence-corrected chi connectivity index (χ3v) is 5.86. The Morgan fingerprint density at radius 2 is 1.38 bits per heavy atom. The third-order valence-electron chi connectivity index (χ3n) is 5.86. The van der Waals surface area contributed by atoms with Gasteiger partial charge in [-0.25, -0.2) is 15.0 Å². The van der Waals surface area contributed by atoms with Gasteiger partial charge in [0.15, 0.2) is 0 Å². The molecule has 3 heterocycles. The number of hydrogen-bond donors (Lipinski definition) is 0. The predicted molar refractivity (Wildman–Crippen MR) is 133 cm³/mol. The average molecular weight is 421 g/mol. The first-order valence-corrected chi connectivity index (χ1v) is 11.1. The Bertz CT molecular complexity index is 1490. The monoisotopic (exact) mass is 420 g/mol. The molecule has 0 atom stereocenters. The molecule has 3 aromatic heterocycles. The second-order valence-electron chi connectivity index (χ2n) is 10.5. The van der Waals surface area contributed by atoms with Crippen LogP contribution in [0.4, 0.5) is 0 Å². The number of nitrogens with zero attached hydrogens (tertiary/aromatic N) is 4. The van der Waals surface area contributed by atoms with Crippen LogP contribution in [0, 0.1) is 0 Å². The lowest BCUT2D eigenvalue weighted by molar-refractivity contribution is 0.569. The first-order valence-electron chi connectivity index (χ1n) is 11.1. The first kappa shape index (κ1) is 20.5. The summed E-state index contributed by atoms with van der Waals surface area (Å²) in [5.41, 5.74) is 7.37. The molecule has 0 fully saturated rings. The molecule has 0 N–H and O–H groups in total. The van der Waals surface area contributed by atoms with Crippen molar-refractivity contribution in [3.05, 3.63) is 72.2 Å². The first-order chi connectivity index (χ1) is 15.1. The maximum atomic E-state index is 5.15. The smallest absolute Gasteiger partial charge is 0.0974 e. The number of pyridine rings is 2. The molecule has 5 aromatic rings. The van der Waals surface area contributed by atoms with Crippen molar-refractivity contribution in [1.29, 1.82) is 0 Å². The van der Waals surface area contributed by atoms with Gasteiger partial charge in [-0.1, -0.05) is 71.9 Å². The van der Waals surface area contributed by atoms with Crippen molar-refractivity contribution in [3.8, 4) is 11.3 Å². The van der Waals surface area contributed by atoms with Crippen molar-refractivity contribution < 1.29 is 0 Å². The predicted octanol–water partition coefficient (Wildman–Crippen LogP) is 6.99.